The first-order valence-corrected chi connectivity index (χ1v) is 28.3. The lowest BCUT2D eigenvalue weighted by atomic mass is 9.92. The molecule has 6 amide bonds. The zero-order valence-corrected chi connectivity index (χ0v) is 46.3. The molecule has 0 spiro atoms. The third-order valence-corrected chi connectivity index (χ3v) is 15.4. The van der Waals surface area contributed by atoms with E-state index in [1.807, 2.05) is 66.7 Å². The van der Waals surface area contributed by atoms with Gasteiger partial charge in [0.1, 0.15) is 42.6 Å². The van der Waals surface area contributed by atoms with Gasteiger partial charge in [-0.1, -0.05) is 90.5 Å². The van der Waals surface area contributed by atoms with E-state index in [0.29, 0.717) is 54.5 Å². The number of piperazine rings is 1. The second-order valence-corrected chi connectivity index (χ2v) is 21.5. The van der Waals surface area contributed by atoms with Crippen molar-refractivity contribution >= 4 is 63.9 Å². The van der Waals surface area contributed by atoms with Crippen LogP contribution < -0.4 is 42.4 Å². The number of hydrogen-bond acceptors (Lipinski definition) is 13. The molecule has 9 N–H and O–H groups in total. The van der Waals surface area contributed by atoms with Gasteiger partial charge in [-0.2, -0.15) is 0 Å². The minimum atomic E-state index is -1.36. The lowest BCUT2D eigenvalue weighted by Crippen LogP contribution is -2.60. The number of benzene rings is 4. The Labute approximate surface area is 481 Å². The Morgan fingerprint density at radius 3 is 2.15 bits per heavy atom. The molecule has 3 aliphatic heterocycles. The highest BCUT2D eigenvalue weighted by molar-refractivity contribution is 6.30. The predicted octanol–water partition coefficient (Wildman–Crippen LogP) is 3.54. The first-order chi connectivity index (χ1) is 39.8. The summed E-state index contributed by atoms with van der Waals surface area (Å²) in [6, 6.07) is 28.4. The number of para-hydroxylation sites is 1. The fraction of sp³-hybridized carbons (Fsp3) is 0.377. The number of H-pyrrole nitrogens is 1. The number of aromatic amines is 1. The quantitative estimate of drug-likeness (QED) is 0.0651. The third kappa shape index (κ3) is 16.1. The second kappa shape index (κ2) is 28.5. The van der Waals surface area contributed by atoms with Crippen molar-refractivity contribution in [3.8, 4) is 5.75 Å². The second-order valence-electron chi connectivity index (χ2n) is 21.1. The summed E-state index contributed by atoms with van der Waals surface area (Å²) in [5, 5.41) is 19.3. The van der Waals surface area contributed by atoms with E-state index < -0.39 is 83.6 Å². The van der Waals surface area contributed by atoms with E-state index >= 15 is 28.8 Å². The number of Topliss-reactive ketones (excluding diaryl/α,β-unsaturated/α-hetero) is 1. The summed E-state index contributed by atoms with van der Waals surface area (Å²) in [6.45, 7) is 2.90. The molecule has 5 heterocycles. The number of halogens is 1. The number of rotatable bonds is 17. The van der Waals surface area contributed by atoms with Gasteiger partial charge in [0.25, 0.3) is 0 Å². The maximum atomic E-state index is 15.4. The molecule has 4 aromatic carbocycles. The maximum Gasteiger partial charge on any atom is 0.407 e. The first kappa shape index (κ1) is 58.5. The molecule has 9 rings (SSSR count). The first-order valence-electron chi connectivity index (χ1n) is 27.9. The van der Waals surface area contributed by atoms with Crippen LogP contribution in [0.5, 0.6) is 5.75 Å². The van der Waals surface area contributed by atoms with E-state index in [0.717, 1.165) is 27.6 Å². The van der Waals surface area contributed by atoms with Crippen LogP contribution >= 0.6 is 11.6 Å². The van der Waals surface area contributed by atoms with Crippen molar-refractivity contribution in [2.45, 2.75) is 87.9 Å². The molecule has 430 valence electrons. The third-order valence-electron chi connectivity index (χ3n) is 15.1. The van der Waals surface area contributed by atoms with Gasteiger partial charge in [0, 0.05) is 112 Å². The van der Waals surface area contributed by atoms with Gasteiger partial charge in [-0.3, -0.25) is 33.8 Å². The Hall–Kier alpha value is -8.17. The molecule has 3 saturated heterocycles. The van der Waals surface area contributed by atoms with E-state index in [1.165, 1.54) is 4.90 Å². The van der Waals surface area contributed by atoms with Gasteiger partial charge >= 0.3 is 6.09 Å². The van der Waals surface area contributed by atoms with E-state index in [-0.39, 0.29) is 71.3 Å². The van der Waals surface area contributed by atoms with Crippen LogP contribution in [0.15, 0.2) is 134 Å². The Bertz CT molecular complexity index is 3140. The molecule has 0 unspecified atom stereocenters. The van der Waals surface area contributed by atoms with Crippen LogP contribution in [0.4, 0.5) is 4.79 Å². The summed E-state index contributed by atoms with van der Waals surface area (Å²) in [5.41, 5.74) is 10.2. The molecule has 0 bridgehead atoms. The number of aromatic nitrogens is 2. The fourth-order valence-electron chi connectivity index (χ4n) is 10.7. The predicted molar refractivity (Wildman–Crippen MR) is 308 cm³/mol. The standard InChI is InChI=1S/C61H70ClN11O9/c62-45-17-12-41(13-18-45)38-81-46-19-14-40(15-20-46)29-52-58(77)71-53(30-42-9-6-23-65-34-42)60(79)73-37-47(82-61(80)66-24-22-63)33-54(73)59(78)68-50(21-16-39-7-2-1-3-8-39)57(76)69-51(31-43-35-67-49-11-5-4-10-48(43)49)55(74)32-44(56(75)70-52)36-72-27-25-64-26-28-72/h1-15,17-20,23,34-35,44,47,50-54,64,67H,16,21-22,24-33,36-38,63H2,(H,66,80)(H,68,78)(H,69,76)(H,70,75)(H,71,77)/t44-,47+,50-,51+,52-,53-,54-/m0/s1. The van der Waals surface area contributed by atoms with Crippen molar-refractivity contribution in [1.29, 1.82) is 0 Å². The lowest BCUT2D eigenvalue weighted by molar-refractivity contribution is -0.143. The summed E-state index contributed by atoms with van der Waals surface area (Å²) in [4.78, 5) is 115. The molecular weight excluding hydrogens is 1070 g/mol. The van der Waals surface area contributed by atoms with E-state index in [4.69, 9.17) is 26.8 Å². The van der Waals surface area contributed by atoms with Crippen molar-refractivity contribution < 1.29 is 43.0 Å². The number of carbonyl (C=O) groups is 7. The summed E-state index contributed by atoms with van der Waals surface area (Å²) in [6.07, 6.45) is 2.94. The van der Waals surface area contributed by atoms with Gasteiger partial charge in [0.2, 0.25) is 29.5 Å². The molecule has 20 nitrogen and oxygen atoms in total. The minimum absolute atomic E-state index is 0.0365. The number of nitrogens with two attached hydrogens (primary N) is 1. The largest absolute Gasteiger partial charge is 0.489 e. The minimum Gasteiger partial charge on any atom is -0.489 e. The van der Waals surface area contributed by atoms with E-state index in [1.54, 1.807) is 67.1 Å². The van der Waals surface area contributed by atoms with Crippen LogP contribution in [0.3, 0.4) is 0 Å². The monoisotopic (exact) mass is 1140 g/mol. The number of ketones is 1. The Kier molecular flexibility index (Phi) is 20.3. The van der Waals surface area contributed by atoms with Crippen molar-refractivity contribution in [2.75, 3.05) is 52.4 Å². The summed E-state index contributed by atoms with van der Waals surface area (Å²) < 4.78 is 11.8. The summed E-state index contributed by atoms with van der Waals surface area (Å²) >= 11 is 6.10. The smallest absolute Gasteiger partial charge is 0.407 e. The SMILES string of the molecule is NCCNC(=O)O[C@@H]1C[C@H]2C(=O)N[C@@H](CCc3ccccc3)C(=O)N[C@H](Cc3c[nH]c4ccccc34)C(=O)C[C@@H](CN3CCNCC3)C(=O)N[C@@H](Cc3ccc(OCc4ccc(Cl)cc4)cc3)C(=O)N[C@@H](Cc3cccnc3)C(=O)N2C1. The molecule has 82 heavy (non-hydrogen) atoms. The number of aryl methyl sites for hydroxylation is 1. The van der Waals surface area contributed by atoms with Gasteiger partial charge < -0.3 is 61.9 Å². The van der Waals surface area contributed by atoms with Gasteiger partial charge in [0.05, 0.1) is 18.5 Å². The van der Waals surface area contributed by atoms with Gasteiger partial charge in [-0.05, 0) is 77.1 Å². The molecule has 6 aromatic rings. The van der Waals surface area contributed by atoms with Crippen LogP contribution in [0.1, 0.15) is 47.1 Å². The van der Waals surface area contributed by atoms with Gasteiger partial charge in [-0.15, -0.1) is 0 Å². The number of amides is 6. The molecular formula is C61H70ClN11O9. The number of carbonyl (C=O) groups excluding carboxylic acids is 7. The molecule has 0 aliphatic carbocycles. The number of pyridine rings is 1. The van der Waals surface area contributed by atoms with Crippen LogP contribution in [-0.4, -0.2) is 150 Å². The van der Waals surface area contributed by atoms with Gasteiger partial charge in [0.15, 0.2) is 5.78 Å². The zero-order chi connectivity index (χ0) is 57.4. The van der Waals surface area contributed by atoms with E-state index in [9.17, 15) is 4.79 Å². The fourth-order valence-corrected chi connectivity index (χ4v) is 10.9. The highest BCUT2D eigenvalue weighted by Gasteiger charge is 2.45. The normalized spacial score (nSPS) is 22.5. The number of nitrogens with one attached hydrogen (secondary N) is 7. The van der Waals surface area contributed by atoms with Crippen molar-refractivity contribution in [3.05, 3.63) is 167 Å². The molecule has 7 atom stereocenters. The highest BCUT2D eigenvalue weighted by Crippen LogP contribution is 2.26. The summed E-state index contributed by atoms with van der Waals surface area (Å²) in [5.74, 6) is -4.26. The van der Waals surface area contributed by atoms with Crippen LogP contribution in [0, 0.1) is 5.92 Å². The molecule has 0 radical (unpaired) electrons. The van der Waals surface area contributed by atoms with Crippen LogP contribution in [-0.2, 0) is 65.8 Å². The van der Waals surface area contributed by atoms with Crippen molar-refractivity contribution in [2.24, 2.45) is 11.7 Å². The number of hydrogen-bond donors (Lipinski definition) is 8. The van der Waals surface area contributed by atoms with E-state index in [2.05, 4.69) is 46.8 Å². The molecule has 21 heteroatoms. The lowest BCUT2D eigenvalue weighted by Gasteiger charge is -2.33. The number of ether oxygens (including phenoxy) is 2. The Morgan fingerprint density at radius 2 is 1.39 bits per heavy atom. The Balaban J connectivity index is 1.10. The number of alkyl carbamates (subject to hydrolysis) is 1. The van der Waals surface area contributed by atoms with Gasteiger partial charge in [-0.25, -0.2) is 4.79 Å². The highest BCUT2D eigenvalue weighted by atomic mass is 35.5. The molecule has 3 aliphatic rings. The maximum absolute atomic E-state index is 15.4. The number of fused-ring (bicyclic) bond motifs is 2. The summed E-state index contributed by atoms with van der Waals surface area (Å²) in [7, 11) is 0. The van der Waals surface area contributed by atoms with Crippen molar-refractivity contribution in [1.82, 2.24) is 51.7 Å². The molecule has 0 saturated carbocycles. The van der Waals surface area contributed by atoms with Crippen LogP contribution in [0.2, 0.25) is 5.02 Å². The molecule has 3 fully saturated rings. The van der Waals surface area contributed by atoms with Crippen molar-refractivity contribution in [3.63, 3.8) is 0 Å². The average Bonchev–Trinajstić information content (AvgIpc) is 4.32. The number of nitrogens with zero attached hydrogens (tertiary/aromatic N) is 3. The average molecular weight is 1140 g/mol. The van der Waals surface area contributed by atoms with Crippen LogP contribution in [0.25, 0.3) is 10.9 Å². The molecule has 2 aromatic heterocycles. The zero-order valence-electron chi connectivity index (χ0n) is 45.5. The Morgan fingerprint density at radius 1 is 0.707 bits per heavy atom. The topological polar surface area (TPSA) is 271 Å².